The third kappa shape index (κ3) is 2.49. The number of halogens is 1. The fraction of sp³-hybridized carbons (Fsp3) is 0.333. The molecule has 2 heterocycles. The molecule has 1 N–H and O–H groups in total. The number of aromatic nitrogens is 2. The highest BCUT2D eigenvalue weighted by molar-refractivity contribution is 7.12. The van der Waals surface area contributed by atoms with Crippen LogP contribution in [0.3, 0.4) is 0 Å². The molecule has 1 saturated carbocycles. The van der Waals surface area contributed by atoms with Crippen molar-refractivity contribution < 1.29 is 9.13 Å². The number of aromatic amines is 1. The first kappa shape index (κ1) is 17.4. The molecular formula is C21H19FN2O3S. The standard InChI is InChI=1S/C21H19FN2O3S/c1-10-3-6-12(17(7-10)27-2)13-9-16-14(8-15(13)22)19(25)18-20(26)23-28-21(18)24(16)11-4-5-11/h3,7-9,11-12H,4-6H2,1-2H3,(H,23,26). The van der Waals surface area contributed by atoms with Gasteiger partial charge in [0.25, 0.3) is 5.56 Å². The van der Waals surface area contributed by atoms with Crippen molar-refractivity contribution in [1.29, 1.82) is 0 Å². The molecule has 0 radical (unpaired) electrons. The van der Waals surface area contributed by atoms with Crippen LogP contribution in [0, 0.1) is 5.82 Å². The summed E-state index contributed by atoms with van der Waals surface area (Å²) in [5.74, 6) is 0.0336. The molecule has 1 aromatic carbocycles. The molecule has 3 aromatic rings. The molecule has 5 nitrogen and oxygen atoms in total. The van der Waals surface area contributed by atoms with Crippen molar-refractivity contribution in [2.24, 2.45) is 0 Å². The molecule has 7 heteroatoms. The van der Waals surface area contributed by atoms with E-state index >= 15 is 4.39 Å². The van der Waals surface area contributed by atoms with Gasteiger partial charge in [-0.25, -0.2) is 4.39 Å². The minimum atomic E-state index is -0.446. The Morgan fingerprint density at radius 3 is 2.79 bits per heavy atom. The van der Waals surface area contributed by atoms with E-state index in [1.807, 2.05) is 17.6 Å². The van der Waals surface area contributed by atoms with Gasteiger partial charge in [0.15, 0.2) is 0 Å². The lowest BCUT2D eigenvalue weighted by Gasteiger charge is -2.23. The predicted octanol–water partition coefficient (Wildman–Crippen LogP) is 4.34. The maximum atomic E-state index is 15.1. The number of H-pyrrole nitrogens is 1. The van der Waals surface area contributed by atoms with Gasteiger partial charge in [-0.1, -0.05) is 11.6 Å². The van der Waals surface area contributed by atoms with E-state index < -0.39 is 16.8 Å². The van der Waals surface area contributed by atoms with E-state index in [4.69, 9.17) is 4.74 Å². The Kier molecular flexibility index (Phi) is 3.84. The third-order valence-corrected chi connectivity index (χ3v) is 6.54. The van der Waals surface area contributed by atoms with E-state index in [1.165, 1.54) is 17.6 Å². The summed E-state index contributed by atoms with van der Waals surface area (Å²) >= 11 is 1.18. The summed E-state index contributed by atoms with van der Waals surface area (Å²) in [7, 11) is 1.59. The van der Waals surface area contributed by atoms with Gasteiger partial charge in [0.2, 0.25) is 5.43 Å². The van der Waals surface area contributed by atoms with Gasteiger partial charge < -0.3 is 9.30 Å². The number of ether oxygens (including phenoxy) is 1. The highest BCUT2D eigenvalue weighted by Gasteiger charge is 2.30. The molecule has 2 aliphatic rings. The molecule has 0 bridgehead atoms. The third-order valence-electron chi connectivity index (χ3n) is 5.66. The van der Waals surface area contributed by atoms with Crippen molar-refractivity contribution in [3.8, 4) is 0 Å². The first-order valence-corrected chi connectivity index (χ1v) is 10.1. The number of hydrogen-bond donors (Lipinski definition) is 1. The number of hydrogen-bond acceptors (Lipinski definition) is 4. The van der Waals surface area contributed by atoms with Crippen LogP contribution in [0.5, 0.6) is 0 Å². The minimum Gasteiger partial charge on any atom is -0.500 e. The van der Waals surface area contributed by atoms with Crippen molar-refractivity contribution in [2.45, 2.75) is 38.1 Å². The normalized spacial score (nSPS) is 19.8. The maximum Gasteiger partial charge on any atom is 0.271 e. The Bertz CT molecular complexity index is 1310. The molecular weight excluding hydrogens is 379 g/mol. The number of nitrogens with one attached hydrogen (secondary N) is 1. The molecule has 1 unspecified atom stereocenters. The smallest absolute Gasteiger partial charge is 0.271 e. The van der Waals surface area contributed by atoms with Crippen LogP contribution >= 0.6 is 11.5 Å². The summed E-state index contributed by atoms with van der Waals surface area (Å²) < 4.78 is 25.4. The summed E-state index contributed by atoms with van der Waals surface area (Å²) in [6.07, 6.45) is 6.60. The van der Waals surface area contributed by atoms with Crippen molar-refractivity contribution in [2.75, 3.05) is 7.11 Å². The minimum absolute atomic E-state index is 0.130. The second kappa shape index (κ2) is 6.17. The van der Waals surface area contributed by atoms with Gasteiger partial charge >= 0.3 is 0 Å². The number of benzene rings is 1. The van der Waals surface area contributed by atoms with Crippen molar-refractivity contribution in [1.82, 2.24) is 8.94 Å². The van der Waals surface area contributed by atoms with Crippen LogP contribution in [-0.2, 0) is 4.74 Å². The predicted molar refractivity (Wildman–Crippen MR) is 109 cm³/mol. The number of rotatable bonds is 3. The number of pyridine rings is 1. The first-order chi connectivity index (χ1) is 13.5. The Hall–Kier alpha value is -2.67. The van der Waals surface area contributed by atoms with E-state index in [0.29, 0.717) is 28.1 Å². The van der Waals surface area contributed by atoms with E-state index in [1.54, 1.807) is 13.2 Å². The van der Waals surface area contributed by atoms with Gasteiger partial charge in [-0.05, 0) is 55.9 Å². The molecule has 1 atom stereocenters. The van der Waals surface area contributed by atoms with E-state index in [2.05, 4.69) is 10.4 Å². The van der Waals surface area contributed by atoms with Gasteiger partial charge in [-0.2, -0.15) is 0 Å². The summed E-state index contributed by atoms with van der Waals surface area (Å²) in [5, 5.41) is 0.389. The largest absolute Gasteiger partial charge is 0.500 e. The van der Waals surface area contributed by atoms with Crippen LogP contribution in [-0.4, -0.2) is 16.1 Å². The van der Waals surface area contributed by atoms with Crippen LogP contribution in [0.15, 0.2) is 45.2 Å². The fourth-order valence-corrected chi connectivity index (χ4v) is 5.04. The topological polar surface area (TPSA) is 64.1 Å². The Balaban J connectivity index is 1.83. The molecule has 28 heavy (non-hydrogen) atoms. The Morgan fingerprint density at radius 2 is 2.07 bits per heavy atom. The highest BCUT2D eigenvalue weighted by atomic mass is 32.1. The average molecular weight is 398 g/mol. The van der Waals surface area contributed by atoms with Gasteiger partial charge in [0.1, 0.15) is 21.8 Å². The summed E-state index contributed by atoms with van der Waals surface area (Å²) in [6.45, 7) is 1.99. The zero-order chi connectivity index (χ0) is 19.6. The van der Waals surface area contributed by atoms with Crippen molar-refractivity contribution in [3.05, 3.63) is 67.6 Å². The molecule has 0 saturated heterocycles. The molecule has 2 aromatic heterocycles. The maximum absolute atomic E-state index is 15.1. The monoisotopic (exact) mass is 398 g/mol. The molecule has 144 valence electrons. The van der Waals surface area contributed by atoms with E-state index in [-0.39, 0.29) is 22.7 Å². The average Bonchev–Trinajstić information content (AvgIpc) is 3.44. The lowest BCUT2D eigenvalue weighted by atomic mass is 9.87. The van der Waals surface area contributed by atoms with Gasteiger partial charge in [-0.3, -0.25) is 14.0 Å². The zero-order valence-corrected chi connectivity index (χ0v) is 16.4. The highest BCUT2D eigenvalue weighted by Crippen LogP contribution is 2.42. The van der Waals surface area contributed by atoms with Crippen LogP contribution in [0.4, 0.5) is 4.39 Å². The second-order valence-corrected chi connectivity index (χ2v) is 8.32. The number of nitrogens with zero attached hydrogens (tertiary/aromatic N) is 1. The van der Waals surface area contributed by atoms with Crippen LogP contribution in [0.25, 0.3) is 21.1 Å². The first-order valence-electron chi connectivity index (χ1n) is 9.30. The molecule has 5 rings (SSSR count). The summed E-state index contributed by atoms with van der Waals surface area (Å²) in [5.41, 5.74) is 1.48. The van der Waals surface area contributed by atoms with Crippen LogP contribution in [0.2, 0.25) is 0 Å². The molecule has 0 amide bonds. The van der Waals surface area contributed by atoms with E-state index in [9.17, 15) is 9.59 Å². The quantitative estimate of drug-likeness (QED) is 0.714. The lowest BCUT2D eigenvalue weighted by Crippen LogP contribution is -2.17. The zero-order valence-electron chi connectivity index (χ0n) is 15.5. The number of fused-ring (bicyclic) bond motifs is 2. The number of allylic oxidation sites excluding steroid dienone is 4. The molecule has 1 fully saturated rings. The molecule has 0 aliphatic heterocycles. The summed E-state index contributed by atoms with van der Waals surface area (Å²) in [6, 6.07) is 3.31. The number of methoxy groups -OCH3 is 1. The van der Waals surface area contributed by atoms with E-state index in [0.717, 1.165) is 18.4 Å². The Morgan fingerprint density at radius 1 is 1.29 bits per heavy atom. The van der Waals surface area contributed by atoms with Crippen LogP contribution in [0.1, 0.15) is 43.7 Å². The van der Waals surface area contributed by atoms with Crippen LogP contribution < -0.4 is 11.0 Å². The fourth-order valence-electron chi connectivity index (χ4n) is 4.11. The van der Waals surface area contributed by atoms with Gasteiger partial charge in [0.05, 0.1) is 12.6 Å². The summed E-state index contributed by atoms with van der Waals surface area (Å²) in [4.78, 5) is 25.7. The SMILES string of the molecule is COC1=CC(C)=CCC1c1cc2c(cc1F)c(=O)c1c(=O)[nH]sc1n2C1CC1. The molecule has 0 spiro atoms. The van der Waals surface area contributed by atoms with Gasteiger partial charge in [-0.15, -0.1) is 0 Å². The van der Waals surface area contributed by atoms with Crippen molar-refractivity contribution >= 4 is 32.7 Å². The van der Waals surface area contributed by atoms with Crippen molar-refractivity contribution in [3.63, 3.8) is 0 Å². The second-order valence-electron chi connectivity index (χ2n) is 7.52. The molecule has 2 aliphatic carbocycles. The lowest BCUT2D eigenvalue weighted by molar-refractivity contribution is 0.260. The Labute approximate surface area is 163 Å². The van der Waals surface area contributed by atoms with Gasteiger partial charge in [0, 0.05) is 22.9 Å².